The molecule has 17 heavy (non-hydrogen) atoms. The summed E-state index contributed by atoms with van der Waals surface area (Å²) in [4.78, 5) is 0. The van der Waals surface area contributed by atoms with E-state index in [0.29, 0.717) is 12.0 Å². The maximum atomic E-state index is 9.77. The summed E-state index contributed by atoms with van der Waals surface area (Å²) >= 11 is 2.00. The molecule has 0 heterocycles. The standard InChI is InChI=1S/C14H29NOS/c1-11(2)7-8-17-10-14(9-16,13-5-6-13)15-12(3)4/h11-13,15-16H,5-10H2,1-4H3. The lowest BCUT2D eigenvalue weighted by Gasteiger charge is -2.35. The Balaban J connectivity index is 2.40. The molecule has 1 atom stereocenters. The average Bonchev–Trinajstić information content (AvgIpc) is 3.05. The first-order valence-corrected chi connectivity index (χ1v) is 8.12. The Bertz CT molecular complexity index is 216. The first-order chi connectivity index (χ1) is 8.00. The maximum absolute atomic E-state index is 9.77. The third kappa shape index (κ3) is 5.19. The molecule has 3 heteroatoms. The van der Waals surface area contributed by atoms with Crippen LogP contribution in [0.5, 0.6) is 0 Å². The Hall–Kier alpha value is 0.270. The molecule has 0 aromatic carbocycles. The lowest BCUT2D eigenvalue weighted by molar-refractivity contribution is 0.150. The van der Waals surface area contributed by atoms with Crippen LogP contribution < -0.4 is 5.32 Å². The number of aliphatic hydroxyl groups excluding tert-OH is 1. The van der Waals surface area contributed by atoms with Crippen molar-refractivity contribution in [3.05, 3.63) is 0 Å². The topological polar surface area (TPSA) is 32.3 Å². The van der Waals surface area contributed by atoms with Gasteiger partial charge in [0.2, 0.25) is 0 Å². The van der Waals surface area contributed by atoms with Crippen LogP contribution in [-0.2, 0) is 0 Å². The zero-order chi connectivity index (χ0) is 12.9. The van der Waals surface area contributed by atoms with Gasteiger partial charge in [0.15, 0.2) is 0 Å². The normalized spacial score (nSPS) is 19.9. The first kappa shape index (κ1) is 15.3. The fourth-order valence-corrected chi connectivity index (χ4v) is 3.84. The lowest BCUT2D eigenvalue weighted by Crippen LogP contribution is -2.55. The Morgan fingerprint density at radius 2 is 1.94 bits per heavy atom. The molecule has 0 bridgehead atoms. The molecule has 0 radical (unpaired) electrons. The number of aliphatic hydroxyl groups is 1. The summed E-state index contributed by atoms with van der Waals surface area (Å²) < 4.78 is 0. The smallest absolute Gasteiger partial charge is 0.0624 e. The van der Waals surface area contributed by atoms with Gasteiger partial charge in [0, 0.05) is 11.8 Å². The van der Waals surface area contributed by atoms with Crippen LogP contribution in [0.2, 0.25) is 0 Å². The molecular formula is C14H29NOS. The zero-order valence-electron chi connectivity index (χ0n) is 11.8. The van der Waals surface area contributed by atoms with Gasteiger partial charge in [0.25, 0.3) is 0 Å². The molecule has 102 valence electrons. The van der Waals surface area contributed by atoms with E-state index < -0.39 is 0 Å². The minimum absolute atomic E-state index is 0.0180. The van der Waals surface area contributed by atoms with Crippen molar-refractivity contribution in [3.8, 4) is 0 Å². The predicted octanol–water partition coefficient (Wildman–Crippen LogP) is 2.90. The van der Waals surface area contributed by atoms with E-state index in [2.05, 4.69) is 33.0 Å². The number of thioether (sulfide) groups is 1. The summed E-state index contributed by atoms with van der Waals surface area (Å²) in [6.45, 7) is 9.17. The van der Waals surface area contributed by atoms with Gasteiger partial charge in [-0.15, -0.1) is 0 Å². The third-order valence-electron chi connectivity index (χ3n) is 3.42. The van der Waals surface area contributed by atoms with Crippen LogP contribution in [0.25, 0.3) is 0 Å². The van der Waals surface area contributed by atoms with Crippen LogP contribution in [0.4, 0.5) is 0 Å². The van der Waals surface area contributed by atoms with Crippen LogP contribution in [-0.4, -0.2) is 34.8 Å². The molecule has 0 aromatic rings. The van der Waals surface area contributed by atoms with Crippen molar-refractivity contribution in [1.82, 2.24) is 5.32 Å². The summed E-state index contributed by atoms with van der Waals surface area (Å²) in [5.74, 6) is 3.75. The highest BCUT2D eigenvalue weighted by Gasteiger charge is 2.44. The Morgan fingerprint density at radius 3 is 2.35 bits per heavy atom. The molecule has 2 nitrogen and oxygen atoms in total. The second-order valence-electron chi connectivity index (χ2n) is 6.12. The Kier molecular flexibility index (Phi) is 6.32. The van der Waals surface area contributed by atoms with Crippen LogP contribution in [0.1, 0.15) is 47.0 Å². The molecular weight excluding hydrogens is 230 g/mol. The van der Waals surface area contributed by atoms with Gasteiger partial charge in [-0.25, -0.2) is 0 Å². The molecule has 1 fully saturated rings. The fraction of sp³-hybridized carbons (Fsp3) is 1.00. The minimum atomic E-state index is -0.0180. The quantitative estimate of drug-likeness (QED) is 0.625. The fourth-order valence-electron chi connectivity index (χ4n) is 2.28. The highest BCUT2D eigenvalue weighted by atomic mass is 32.2. The molecule has 0 saturated heterocycles. The average molecular weight is 259 g/mol. The van der Waals surface area contributed by atoms with Gasteiger partial charge in [-0.2, -0.15) is 11.8 Å². The third-order valence-corrected chi connectivity index (χ3v) is 4.66. The van der Waals surface area contributed by atoms with Crippen LogP contribution >= 0.6 is 11.8 Å². The van der Waals surface area contributed by atoms with Gasteiger partial charge in [0.1, 0.15) is 0 Å². The van der Waals surface area contributed by atoms with Gasteiger partial charge in [-0.3, -0.25) is 0 Å². The van der Waals surface area contributed by atoms with Crippen molar-refractivity contribution in [2.24, 2.45) is 11.8 Å². The summed E-state index contributed by atoms with van der Waals surface area (Å²) in [6, 6.07) is 0.452. The van der Waals surface area contributed by atoms with Crippen LogP contribution in [0.3, 0.4) is 0 Å². The molecule has 1 saturated carbocycles. The SMILES string of the molecule is CC(C)CCSCC(CO)(NC(C)C)C1CC1. The van der Waals surface area contributed by atoms with Crippen molar-refractivity contribution in [2.75, 3.05) is 18.1 Å². The van der Waals surface area contributed by atoms with Crippen molar-refractivity contribution in [2.45, 2.75) is 58.5 Å². The lowest BCUT2D eigenvalue weighted by atomic mass is 9.95. The molecule has 0 aromatic heterocycles. The van der Waals surface area contributed by atoms with Crippen LogP contribution in [0, 0.1) is 11.8 Å². The predicted molar refractivity (Wildman–Crippen MR) is 77.6 cm³/mol. The number of rotatable bonds is 9. The largest absolute Gasteiger partial charge is 0.394 e. The zero-order valence-corrected chi connectivity index (χ0v) is 12.6. The number of hydrogen-bond acceptors (Lipinski definition) is 3. The van der Waals surface area contributed by atoms with E-state index in [0.717, 1.165) is 11.7 Å². The summed E-state index contributed by atoms with van der Waals surface area (Å²) in [6.07, 6.45) is 3.84. The van der Waals surface area contributed by atoms with E-state index in [1.54, 1.807) is 0 Å². The molecule has 1 unspecified atom stereocenters. The van der Waals surface area contributed by atoms with Gasteiger partial charge >= 0.3 is 0 Å². The van der Waals surface area contributed by atoms with Gasteiger partial charge in [-0.05, 0) is 36.9 Å². The second-order valence-corrected chi connectivity index (χ2v) is 7.23. The second kappa shape index (κ2) is 7.01. The van der Waals surface area contributed by atoms with Crippen molar-refractivity contribution in [3.63, 3.8) is 0 Å². The van der Waals surface area contributed by atoms with E-state index in [9.17, 15) is 5.11 Å². The van der Waals surface area contributed by atoms with E-state index in [1.807, 2.05) is 11.8 Å². The summed E-state index contributed by atoms with van der Waals surface area (Å²) in [7, 11) is 0. The number of hydrogen-bond donors (Lipinski definition) is 2. The Labute approximate surface area is 111 Å². The summed E-state index contributed by atoms with van der Waals surface area (Å²) in [5.41, 5.74) is -0.0180. The summed E-state index contributed by atoms with van der Waals surface area (Å²) in [5, 5.41) is 13.4. The van der Waals surface area contributed by atoms with Crippen molar-refractivity contribution >= 4 is 11.8 Å². The minimum Gasteiger partial charge on any atom is -0.394 e. The molecule has 1 aliphatic carbocycles. The van der Waals surface area contributed by atoms with E-state index in [4.69, 9.17) is 0 Å². The maximum Gasteiger partial charge on any atom is 0.0624 e. The van der Waals surface area contributed by atoms with Crippen LogP contribution in [0.15, 0.2) is 0 Å². The molecule has 0 aliphatic heterocycles. The molecule has 0 spiro atoms. The number of nitrogens with one attached hydrogen (secondary N) is 1. The van der Waals surface area contributed by atoms with Gasteiger partial charge in [-0.1, -0.05) is 27.7 Å². The van der Waals surface area contributed by atoms with Crippen molar-refractivity contribution < 1.29 is 5.11 Å². The molecule has 2 N–H and O–H groups in total. The van der Waals surface area contributed by atoms with Crippen molar-refractivity contribution in [1.29, 1.82) is 0 Å². The monoisotopic (exact) mass is 259 g/mol. The molecule has 1 aliphatic rings. The van der Waals surface area contributed by atoms with E-state index >= 15 is 0 Å². The van der Waals surface area contributed by atoms with E-state index in [-0.39, 0.29) is 12.1 Å². The highest BCUT2D eigenvalue weighted by Crippen LogP contribution is 2.41. The first-order valence-electron chi connectivity index (χ1n) is 6.96. The van der Waals surface area contributed by atoms with Gasteiger partial charge < -0.3 is 10.4 Å². The van der Waals surface area contributed by atoms with Gasteiger partial charge in [0.05, 0.1) is 12.1 Å². The molecule has 1 rings (SSSR count). The Morgan fingerprint density at radius 1 is 1.29 bits per heavy atom. The molecule has 0 amide bonds. The highest BCUT2D eigenvalue weighted by molar-refractivity contribution is 7.99. The van der Waals surface area contributed by atoms with E-state index in [1.165, 1.54) is 25.0 Å².